The molecule has 1 aliphatic rings. The molecule has 220 valence electrons. The number of amides is 2. The second-order valence-corrected chi connectivity index (χ2v) is 12.0. The Labute approximate surface area is 251 Å². The number of carbonyl (C=O) groups is 1. The van der Waals surface area contributed by atoms with Crippen LogP contribution in [0.5, 0.6) is 0 Å². The summed E-state index contributed by atoms with van der Waals surface area (Å²) in [6.45, 7) is 9.00. The second kappa shape index (κ2) is 11.9. The van der Waals surface area contributed by atoms with Crippen molar-refractivity contribution in [1.29, 1.82) is 0 Å². The number of carbonyl (C=O) groups excluding carboxylic acids is 1. The van der Waals surface area contributed by atoms with Gasteiger partial charge < -0.3 is 15.4 Å². The first kappa shape index (κ1) is 28.4. The average molecular weight is 576 g/mol. The zero-order chi connectivity index (χ0) is 30.0. The number of hydrogen-bond donors (Lipinski definition) is 3. The summed E-state index contributed by atoms with van der Waals surface area (Å²) in [4.78, 5) is 22.4. The van der Waals surface area contributed by atoms with Crippen LogP contribution in [0.25, 0.3) is 27.6 Å². The first-order valence-electron chi connectivity index (χ1n) is 14.7. The molecule has 0 spiro atoms. The fourth-order valence-corrected chi connectivity index (χ4v) is 5.21. The first-order valence-corrected chi connectivity index (χ1v) is 14.7. The quantitative estimate of drug-likeness (QED) is 0.192. The normalized spacial score (nSPS) is 15.3. The van der Waals surface area contributed by atoms with Gasteiger partial charge in [0.15, 0.2) is 0 Å². The van der Waals surface area contributed by atoms with Gasteiger partial charge in [0, 0.05) is 40.9 Å². The number of fused-ring (bicyclic) bond motifs is 1. The predicted molar refractivity (Wildman–Crippen MR) is 172 cm³/mol. The standard InChI is InChI=1S/C34H37N7O2/c1-22-12-14-24(21-35-22)41-31(19-29(40-41)34(2,3)4)39-33(42)37-28-16-15-25(26-9-5-6-10-27(26)28)23-13-17-30(36-20-23)38-32-11-7-8-18-43-32/h5-6,9-10,12-17,19-21,32H,7-8,11,18H2,1-4H3,(H,36,38)(H2,37,39,42). The molecule has 0 bridgehead atoms. The lowest BCUT2D eigenvalue weighted by atomic mass is 9.92. The van der Waals surface area contributed by atoms with Gasteiger partial charge in [-0.15, -0.1) is 0 Å². The summed E-state index contributed by atoms with van der Waals surface area (Å²) >= 11 is 0. The third-order valence-electron chi connectivity index (χ3n) is 7.60. The third kappa shape index (κ3) is 6.36. The van der Waals surface area contributed by atoms with E-state index in [0.29, 0.717) is 11.5 Å². The lowest BCUT2D eigenvalue weighted by Gasteiger charge is -2.24. The Bertz CT molecular complexity index is 1730. The van der Waals surface area contributed by atoms with E-state index >= 15 is 0 Å². The van der Waals surface area contributed by atoms with Crippen LogP contribution >= 0.6 is 0 Å². The van der Waals surface area contributed by atoms with Gasteiger partial charge in [0.25, 0.3) is 0 Å². The molecule has 0 saturated carbocycles. The molecule has 0 aliphatic carbocycles. The summed E-state index contributed by atoms with van der Waals surface area (Å²) in [5, 5.41) is 16.2. The highest BCUT2D eigenvalue weighted by molar-refractivity contribution is 6.09. The molecular formula is C34H37N7O2. The smallest absolute Gasteiger partial charge is 0.324 e. The van der Waals surface area contributed by atoms with Crippen molar-refractivity contribution in [2.24, 2.45) is 0 Å². The number of nitrogens with one attached hydrogen (secondary N) is 3. The minimum Gasteiger partial charge on any atom is -0.359 e. The molecule has 3 N–H and O–H groups in total. The maximum absolute atomic E-state index is 13.4. The predicted octanol–water partition coefficient (Wildman–Crippen LogP) is 7.67. The van der Waals surface area contributed by atoms with Gasteiger partial charge in [-0.1, -0.05) is 51.1 Å². The maximum atomic E-state index is 13.4. The Balaban J connectivity index is 1.24. The van der Waals surface area contributed by atoms with E-state index in [4.69, 9.17) is 9.84 Å². The monoisotopic (exact) mass is 575 g/mol. The Kier molecular flexibility index (Phi) is 7.82. The number of aryl methyl sites for hydroxylation is 1. The largest absolute Gasteiger partial charge is 0.359 e. The fourth-order valence-electron chi connectivity index (χ4n) is 5.21. The van der Waals surface area contributed by atoms with E-state index in [2.05, 4.69) is 58.8 Å². The van der Waals surface area contributed by atoms with Crippen LogP contribution in [0.4, 0.5) is 22.1 Å². The highest BCUT2D eigenvalue weighted by Gasteiger charge is 2.22. The molecule has 3 aromatic heterocycles. The summed E-state index contributed by atoms with van der Waals surface area (Å²) in [5.74, 6) is 1.36. The van der Waals surface area contributed by atoms with Crippen LogP contribution in [0.1, 0.15) is 51.4 Å². The average Bonchev–Trinajstić information content (AvgIpc) is 3.43. The van der Waals surface area contributed by atoms with Gasteiger partial charge in [-0.25, -0.2) is 14.5 Å². The number of anilines is 3. The van der Waals surface area contributed by atoms with Crippen molar-refractivity contribution < 1.29 is 9.53 Å². The molecule has 1 fully saturated rings. The Morgan fingerprint density at radius 2 is 1.77 bits per heavy atom. The number of nitrogens with zero attached hydrogens (tertiary/aromatic N) is 4. The van der Waals surface area contributed by atoms with Crippen molar-refractivity contribution in [3.8, 4) is 16.8 Å². The minimum atomic E-state index is -0.360. The van der Waals surface area contributed by atoms with Gasteiger partial charge in [0.2, 0.25) is 0 Å². The van der Waals surface area contributed by atoms with Crippen LogP contribution in [0.3, 0.4) is 0 Å². The molecule has 9 nitrogen and oxygen atoms in total. The fraction of sp³-hybridized carbons (Fsp3) is 0.294. The van der Waals surface area contributed by atoms with Crippen molar-refractivity contribution >= 4 is 34.1 Å². The van der Waals surface area contributed by atoms with Crippen molar-refractivity contribution in [1.82, 2.24) is 19.7 Å². The number of ether oxygens (including phenoxy) is 1. The van der Waals surface area contributed by atoms with E-state index < -0.39 is 0 Å². The van der Waals surface area contributed by atoms with Gasteiger partial charge in [-0.3, -0.25) is 10.3 Å². The number of hydrogen-bond acceptors (Lipinski definition) is 6. The number of benzene rings is 2. The molecule has 5 aromatic rings. The lowest BCUT2D eigenvalue weighted by Crippen LogP contribution is -2.27. The van der Waals surface area contributed by atoms with Gasteiger partial charge in [0.1, 0.15) is 17.9 Å². The van der Waals surface area contributed by atoms with E-state index in [-0.39, 0.29) is 17.7 Å². The van der Waals surface area contributed by atoms with Gasteiger partial charge >= 0.3 is 6.03 Å². The summed E-state index contributed by atoms with van der Waals surface area (Å²) < 4.78 is 7.51. The highest BCUT2D eigenvalue weighted by atomic mass is 16.5. The van der Waals surface area contributed by atoms with E-state index in [1.807, 2.05) is 67.7 Å². The van der Waals surface area contributed by atoms with Crippen LogP contribution in [0.2, 0.25) is 0 Å². The van der Waals surface area contributed by atoms with E-state index in [9.17, 15) is 4.79 Å². The molecule has 9 heteroatoms. The molecule has 1 saturated heterocycles. The lowest BCUT2D eigenvalue weighted by molar-refractivity contribution is 0.0341. The molecule has 2 aromatic carbocycles. The van der Waals surface area contributed by atoms with Crippen molar-refractivity contribution in [3.05, 3.63) is 90.5 Å². The van der Waals surface area contributed by atoms with Gasteiger partial charge in [0.05, 0.1) is 23.3 Å². The van der Waals surface area contributed by atoms with Crippen LogP contribution in [-0.2, 0) is 10.2 Å². The molecule has 2 amide bonds. The summed E-state index contributed by atoms with van der Waals surface area (Å²) in [6.07, 6.45) is 6.90. The molecular weight excluding hydrogens is 538 g/mol. The first-order chi connectivity index (χ1) is 20.7. The molecule has 4 heterocycles. The molecule has 1 unspecified atom stereocenters. The highest BCUT2D eigenvalue weighted by Crippen LogP contribution is 2.34. The third-order valence-corrected chi connectivity index (χ3v) is 7.60. The van der Waals surface area contributed by atoms with Gasteiger partial charge in [-0.05, 0) is 67.5 Å². The van der Waals surface area contributed by atoms with E-state index in [1.54, 1.807) is 10.9 Å². The van der Waals surface area contributed by atoms with Crippen molar-refractivity contribution in [3.63, 3.8) is 0 Å². The Hall–Kier alpha value is -4.76. The van der Waals surface area contributed by atoms with Gasteiger partial charge in [-0.2, -0.15) is 5.10 Å². The van der Waals surface area contributed by atoms with E-state index in [1.165, 1.54) is 0 Å². The molecule has 6 rings (SSSR count). The van der Waals surface area contributed by atoms with Crippen LogP contribution in [0, 0.1) is 6.92 Å². The number of aromatic nitrogens is 4. The Morgan fingerprint density at radius 3 is 2.47 bits per heavy atom. The number of rotatable bonds is 6. The van der Waals surface area contributed by atoms with Crippen molar-refractivity contribution in [2.45, 2.75) is 58.6 Å². The van der Waals surface area contributed by atoms with E-state index in [0.717, 1.165) is 70.7 Å². The molecule has 1 aliphatic heterocycles. The summed E-state index contributed by atoms with van der Waals surface area (Å²) in [7, 11) is 0. The van der Waals surface area contributed by atoms with Crippen LogP contribution in [-0.4, -0.2) is 38.6 Å². The number of pyridine rings is 2. The second-order valence-electron chi connectivity index (χ2n) is 12.0. The minimum absolute atomic E-state index is 0.0108. The van der Waals surface area contributed by atoms with Crippen molar-refractivity contribution in [2.75, 3.05) is 22.6 Å². The zero-order valence-electron chi connectivity index (χ0n) is 25.0. The maximum Gasteiger partial charge on any atom is 0.324 e. The topological polar surface area (TPSA) is 106 Å². The number of urea groups is 1. The molecule has 0 radical (unpaired) electrons. The zero-order valence-corrected chi connectivity index (χ0v) is 25.0. The van der Waals surface area contributed by atoms with Crippen LogP contribution < -0.4 is 16.0 Å². The summed E-state index contributed by atoms with van der Waals surface area (Å²) in [5.41, 5.74) is 5.08. The molecule has 43 heavy (non-hydrogen) atoms. The molecule has 1 atom stereocenters. The SMILES string of the molecule is Cc1ccc(-n2nc(C(C)(C)C)cc2NC(=O)Nc2ccc(-c3ccc(NC4CCCCO4)nc3)c3ccccc23)cn1. The van der Waals surface area contributed by atoms with Crippen LogP contribution in [0.15, 0.2) is 79.1 Å². The summed E-state index contributed by atoms with van der Waals surface area (Å²) in [6, 6.07) is 21.5. The Morgan fingerprint density at radius 1 is 0.930 bits per heavy atom.